The first-order valence-corrected chi connectivity index (χ1v) is 9.11. The van der Waals surface area contributed by atoms with E-state index >= 15 is 0 Å². The highest BCUT2D eigenvalue weighted by atomic mass is 15.2. The molecule has 0 amide bonds. The Morgan fingerprint density at radius 2 is 1.95 bits per heavy atom. The quantitative estimate of drug-likeness (QED) is 0.860. The zero-order valence-electron chi connectivity index (χ0n) is 14.9. The van der Waals surface area contributed by atoms with E-state index in [1.54, 1.807) is 0 Å². The third-order valence-corrected chi connectivity index (χ3v) is 5.99. The zero-order valence-corrected chi connectivity index (χ0v) is 14.9. The Balaban J connectivity index is 1.96. The molecular formula is C18H37N3. The first-order chi connectivity index (χ1) is 10.0. The van der Waals surface area contributed by atoms with Gasteiger partial charge in [0, 0.05) is 25.2 Å². The Hall–Kier alpha value is -0.120. The van der Waals surface area contributed by atoms with Crippen molar-refractivity contribution in [2.24, 2.45) is 17.8 Å². The van der Waals surface area contributed by atoms with Crippen molar-refractivity contribution < 1.29 is 0 Å². The monoisotopic (exact) mass is 295 g/mol. The van der Waals surface area contributed by atoms with Crippen molar-refractivity contribution in [3.05, 3.63) is 0 Å². The largest absolute Gasteiger partial charge is 0.317 e. The number of likely N-dealkylation sites (N-methyl/N-ethyl adjacent to an activating group) is 1. The van der Waals surface area contributed by atoms with Gasteiger partial charge in [0.2, 0.25) is 0 Å². The van der Waals surface area contributed by atoms with Gasteiger partial charge in [0.25, 0.3) is 0 Å². The molecule has 0 aromatic rings. The number of nitrogens with one attached hydrogen (secondary N) is 1. The summed E-state index contributed by atoms with van der Waals surface area (Å²) in [4.78, 5) is 5.26. The minimum Gasteiger partial charge on any atom is -0.317 e. The molecule has 4 unspecified atom stereocenters. The van der Waals surface area contributed by atoms with Crippen molar-refractivity contribution in [2.75, 3.05) is 40.3 Å². The summed E-state index contributed by atoms with van der Waals surface area (Å²) in [5.74, 6) is 2.62. The molecule has 0 aromatic carbocycles. The second-order valence-corrected chi connectivity index (χ2v) is 7.93. The molecule has 0 radical (unpaired) electrons. The van der Waals surface area contributed by atoms with Gasteiger partial charge in [-0.1, -0.05) is 13.8 Å². The third-order valence-electron chi connectivity index (χ3n) is 5.99. The van der Waals surface area contributed by atoms with Crippen molar-refractivity contribution >= 4 is 0 Å². The average molecular weight is 296 g/mol. The Morgan fingerprint density at radius 3 is 2.62 bits per heavy atom. The summed E-state index contributed by atoms with van der Waals surface area (Å²) in [7, 11) is 4.43. The van der Waals surface area contributed by atoms with E-state index in [0.29, 0.717) is 6.04 Å². The lowest BCUT2D eigenvalue weighted by Gasteiger charge is -2.41. The molecule has 1 aliphatic carbocycles. The van der Waals surface area contributed by atoms with Crippen LogP contribution in [0, 0.1) is 17.8 Å². The number of hydrogen-bond acceptors (Lipinski definition) is 3. The van der Waals surface area contributed by atoms with E-state index in [0.717, 1.165) is 23.8 Å². The molecule has 0 spiro atoms. The van der Waals surface area contributed by atoms with Crippen LogP contribution < -0.4 is 5.32 Å². The van der Waals surface area contributed by atoms with Crippen LogP contribution in [-0.2, 0) is 0 Å². The van der Waals surface area contributed by atoms with Gasteiger partial charge in [-0.05, 0) is 77.5 Å². The predicted molar refractivity (Wildman–Crippen MR) is 91.7 cm³/mol. The van der Waals surface area contributed by atoms with E-state index < -0.39 is 0 Å². The summed E-state index contributed by atoms with van der Waals surface area (Å²) in [5, 5.41) is 3.61. The van der Waals surface area contributed by atoms with E-state index in [4.69, 9.17) is 0 Å². The molecule has 3 heteroatoms. The van der Waals surface area contributed by atoms with Crippen LogP contribution in [0.15, 0.2) is 0 Å². The lowest BCUT2D eigenvalue weighted by molar-refractivity contribution is 0.105. The zero-order chi connectivity index (χ0) is 15.4. The van der Waals surface area contributed by atoms with Crippen molar-refractivity contribution in [1.82, 2.24) is 15.1 Å². The fraction of sp³-hybridized carbons (Fsp3) is 1.00. The van der Waals surface area contributed by atoms with Crippen molar-refractivity contribution in [1.29, 1.82) is 0 Å². The topological polar surface area (TPSA) is 18.5 Å². The summed E-state index contributed by atoms with van der Waals surface area (Å²) in [6, 6.07) is 1.43. The number of rotatable bonds is 4. The molecule has 3 nitrogen and oxygen atoms in total. The minimum atomic E-state index is 0.703. The lowest BCUT2D eigenvalue weighted by atomic mass is 9.73. The maximum atomic E-state index is 3.61. The van der Waals surface area contributed by atoms with Gasteiger partial charge in [0.15, 0.2) is 0 Å². The molecule has 2 aliphatic rings. The van der Waals surface area contributed by atoms with Crippen LogP contribution in [-0.4, -0.2) is 62.2 Å². The van der Waals surface area contributed by atoms with E-state index in [9.17, 15) is 0 Å². The molecule has 21 heavy (non-hydrogen) atoms. The minimum absolute atomic E-state index is 0.703. The summed E-state index contributed by atoms with van der Waals surface area (Å²) < 4.78 is 0. The van der Waals surface area contributed by atoms with Gasteiger partial charge in [-0.2, -0.15) is 0 Å². The molecule has 1 saturated carbocycles. The summed E-state index contributed by atoms with van der Waals surface area (Å²) >= 11 is 0. The Bertz CT molecular complexity index is 305. The van der Waals surface area contributed by atoms with Crippen molar-refractivity contribution in [3.8, 4) is 0 Å². The van der Waals surface area contributed by atoms with Gasteiger partial charge in [0.05, 0.1) is 0 Å². The molecule has 2 rings (SSSR count). The second-order valence-electron chi connectivity index (χ2n) is 7.93. The fourth-order valence-electron chi connectivity index (χ4n) is 4.48. The van der Waals surface area contributed by atoms with Gasteiger partial charge < -0.3 is 10.2 Å². The van der Waals surface area contributed by atoms with E-state index in [2.05, 4.69) is 50.0 Å². The molecule has 4 atom stereocenters. The molecule has 124 valence electrons. The van der Waals surface area contributed by atoms with Gasteiger partial charge in [-0.25, -0.2) is 0 Å². The smallest absolute Gasteiger partial charge is 0.0194 e. The molecule has 1 N–H and O–H groups in total. The third kappa shape index (κ3) is 4.67. The molecule has 0 aromatic heterocycles. The number of nitrogens with zero attached hydrogens (tertiary/aromatic N) is 2. The summed E-state index contributed by atoms with van der Waals surface area (Å²) in [6.45, 7) is 12.3. The van der Waals surface area contributed by atoms with E-state index in [1.807, 2.05) is 0 Å². The van der Waals surface area contributed by atoms with Crippen LogP contribution in [0.3, 0.4) is 0 Å². The first kappa shape index (κ1) is 17.2. The fourth-order valence-corrected chi connectivity index (χ4v) is 4.48. The SMILES string of the molecule is CNC1CCC(C(C)C)CC1CN1CCCN(C)CC1C. The Labute approximate surface area is 132 Å². The van der Waals surface area contributed by atoms with Crippen LogP contribution >= 0.6 is 0 Å². The van der Waals surface area contributed by atoms with E-state index in [-0.39, 0.29) is 0 Å². The maximum absolute atomic E-state index is 3.61. The molecule has 1 aliphatic heterocycles. The van der Waals surface area contributed by atoms with Crippen LogP contribution in [0.5, 0.6) is 0 Å². The normalized spacial score (nSPS) is 36.9. The van der Waals surface area contributed by atoms with Gasteiger partial charge in [0.1, 0.15) is 0 Å². The standard InChI is InChI=1S/C18H37N3/c1-14(2)16-7-8-18(19-4)17(11-16)13-21-10-6-9-20(5)12-15(21)3/h14-19H,6-13H2,1-5H3. The predicted octanol–water partition coefficient (Wildman–Crippen LogP) is 2.67. The molecule has 0 bridgehead atoms. The average Bonchev–Trinajstić information content (AvgIpc) is 2.60. The van der Waals surface area contributed by atoms with Crippen LogP contribution in [0.1, 0.15) is 46.5 Å². The molecule has 2 fully saturated rings. The van der Waals surface area contributed by atoms with E-state index in [1.165, 1.54) is 51.9 Å². The second kappa shape index (κ2) is 7.94. The Kier molecular flexibility index (Phi) is 6.51. The lowest BCUT2D eigenvalue weighted by Crippen LogP contribution is -2.48. The number of hydrogen-bond donors (Lipinski definition) is 1. The molecule has 1 heterocycles. The first-order valence-electron chi connectivity index (χ1n) is 9.11. The Morgan fingerprint density at radius 1 is 1.19 bits per heavy atom. The van der Waals surface area contributed by atoms with Crippen LogP contribution in [0.25, 0.3) is 0 Å². The van der Waals surface area contributed by atoms with Crippen LogP contribution in [0.2, 0.25) is 0 Å². The molecular weight excluding hydrogens is 258 g/mol. The van der Waals surface area contributed by atoms with Crippen LogP contribution in [0.4, 0.5) is 0 Å². The van der Waals surface area contributed by atoms with Crippen molar-refractivity contribution in [2.45, 2.75) is 58.5 Å². The highest BCUT2D eigenvalue weighted by molar-refractivity contribution is 4.88. The highest BCUT2D eigenvalue weighted by Gasteiger charge is 2.33. The molecule has 1 saturated heterocycles. The van der Waals surface area contributed by atoms with Gasteiger partial charge >= 0.3 is 0 Å². The van der Waals surface area contributed by atoms with Gasteiger partial charge in [-0.15, -0.1) is 0 Å². The summed E-state index contributed by atoms with van der Waals surface area (Å²) in [5.41, 5.74) is 0. The van der Waals surface area contributed by atoms with Crippen molar-refractivity contribution in [3.63, 3.8) is 0 Å². The van der Waals surface area contributed by atoms with Gasteiger partial charge in [-0.3, -0.25) is 4.90 Å². The summed E-state index contributed by atoms with van der Waals surface area (Å²) in [6.07, 6.45) is 5.53. The maximum Gasteiger partial charge on any atom is 0.0194 e. The highest BCUT2D eigenvalue weighted by Crippen LogP contribution is 2.34.